The number of nitrogens with one attached hydrogen (secondary N) is 1. The van der Waals surface area contributed by atoms with Gasteiger partial charge in [-0.25, -0.2) is 0 Å². The summed E-state index contributed by atoms with van der Waals surface area (Å²) in [5.41, 5.74) is 0. The van der Waals surface area contributed by atoms with Gasteiger partial charge in [-0.05, 0) is 13.8 Å². The van der Waals surface area contributed by atoms with Crippen LogP contribution in [0.5, 0.6) is 5.75 Å². The molecule has 17 heavy (non-hydrogen) atoms. The zero-order valence-corrected chi connectivity index (χ0v) is 10.7. The lowest BCUT2D eigenvalue weighted by atomic mass is 10.0. The van der Waals surface area contributed by atoms with E-state index in [1.165, 1.54) is 18.4 Å². The standard InChI is InChI=1S/C11H15NO4S/c1-6(11(14)15)7(2)12-10(13)9-4-8(16-3)5-17-9/h4-7H,1-3H3,(H,12,13)(H,14,15). The summed E-state index contributed by atoms with van der Waals surface area (Å²) in [5.74, 6) is -1.21. The molecule has 0 aliphatic carbocycles. The van der Waals surface area contributed by atoms with Gasteiger partial charge in [0.1, 0.15) is 5.75 Å². The quantitative estimate of drug-likeness (QED) is 0.840. The number of aliphatic carboxylic acids is 1. The van der Waals surface area contributed by atoms with Crippen LogP contribution in [0.3, 0.4) is 0 Å². The topological polar surface area (TPSA) is 75.6 Å². The van der Waals surface area contributed by atoms with Gasteiger partial charge in [0.05, 0.1) is 17.9 Å². The van der Waals surface area contributed by atoms with Crippen LogP contribution in [-0.4, -0.2) is 30.1 Å². The molecule has 94 valence electrons. The minimum absolute atomic E-state index is 0.279. The zero-order valence-electron chi connectivity index (χ0n) is 9.89. The number of amides is 1. The van der Waals surface area contributed by atoms with E-state index in [0.717, 1.165) is 0 Å². The number of carboxylic acids is 1. The third-order valence-corrected chi connectivity index (χ3v) is 3.44. The number of thiophene rings is 1. The van der Waals surface area contributed by atoms with Crippen molar-refractivity contribution < 1.29 is 19.4 Å². The van der Waals surface area contributed by atoms with Crippen molar-refractivity contribution in [1.82, 2.24) is 5.32 Å². The van der Waals surface area contributed by atoms with Gasteiger partial charge >= 0.3 is 5.97 Å². The molecular formula is C11H15NO4S. The fourth-order valence-corrected chi connectivity index (χ4v) is 1.92. The molecule has 0 aliphatic heterocycles. The maximum absolute atomic E-state index is 11.8. The summed E-state index contributed by atoms with van der Waals surface area (Å²) < 4.78 is 4.97. The Labute approximate surface area is 103 Å². The molecule has 5 nitrogen and oxygen atoms in total. The molecule has 0 aromatic carbocycles. The smallest absolute Gasteiger partial charge is 0.308 e. The van der Waals surface area contributed by atoms with Crippen molar-refractivity contribution in [3.05, 3.63) is 16.3 Å². The number of hydrogen-bond acceptors (Lipinski definition) is 4. The van der Waals surface area contributed by atoms with Crippen molar-refractivity contribution in [2.24, 2.45) is 5.92 Å². The Balaban J connectivity index is 2.63. The molecule has 0 bridgehead atoms. The number of rotatable bonds is 5. The molecule has 1 aromatic rings. The number of ether oxygens (including phenoxy) is 1. The molecule has 0 saturated heterocycles. The summed E-state index contributed by atoms with van der Waals surface area (Å²) in [6.07, 6.45) is 0. The molecule has 0 fully saturated rings. The lowest BCUT2D eigenvalue weighted by molar-refractivity contribution is -0.141. The first-order valence-corrected chi connectivity index (χ1v) is 6.00. The fraction of sp³-hybridized carbons (Fsp3) is 0.455. The van der Waals surface area contributed by atoms with Crippen LogP contribution in [-0.2, 0) is 4.79 Å². The average Bonchev–Trinajstić information content (AvgIpc) is 2.76. The van der Waals surface area contributed by atoms with Gasteiger partial charge in [-0.3, -0.25) is 9.59 Å². The van der Waals surface area contributed by atoms with Gasteiger partial charge in [0, 0.05) is 17.5 Å². The lowest BCUT2D eigenvalue weighted by Gasteiger charge is -2.16. The van der Waals surface area contributed by atoms with Crippen LogP contribution in [0.2, 0.25) is 0 Å². The van der Waals surface area contributed by atoms with Crippen molar-refractivity contribution in [3.8, 4) is 5.75 Å². The maximum atomic E-state index is 11.8. The molecule has 6 heteroatoms. The Morgan fingerprint density at radius 3 is 2.59 bits per heavy atom. The number of hydrogen-bond donors (Lipinski definition) is 2. The van der Waals surface area contributed by atoms with Crippen molar-refractivity contribution in [3.63, 3.8) is 0 Å². The normalized spacial score (nSPS) is 13.8. The predicted octanol–water partition coefficient (Wildman–Crippen LogP) is 1.60. The summed E-state index contributed by atoms with van der Waals surface area (Å²) in [6, 6.07) is 1.20. The van der Waals surface area contributed by atoms with Crippen LogP contribution in [0.4, 0.5) is 0 Å². The second-order valence-corrected chi connectivity index (χ2v) is 4.65. The maximum Gasteiger partial charge on any atom is 0.308 e. The van der Waals surface area contributed by atoms with Crippen LogP contribution in [0.15, 0.2) is 11.4 Å². The number of methoxy groups -OCH3 is 1. The lowest BCUT2D eigenvalue weighted by Crippen LogP contribution is -2.39. The van der Waals surface area contributed by atoms with E-state index in [0.29, 0.717) is 10.6 Å². The first-order valence-electron chi connectivity index (χ1n) is 5.12. The summed E-state index contributed by atoms with van der Waals surface area (Å²) in [4.78, 5) is 23.0. The molecule has 2 unspecified atom stereocenters. The molecule has 1 heterocycles. The SMILES string of the molecule is COc1csc(C(=O)NC(C)C(C)C(=O)O)c1. The number of carboxylic acid groups (broad SMARTS) is 1. The van der Waals surface area contributed by atoms with Gasteiger partial charge in [-0.2, -0.15) is 0 Å². The molecule has 0 saturated carbocycles. The molecule has 0 spiro atoms. The van der Waals surface area contributed by atoms with Gasteiger partial charge in [0.2, 0.25) is 0 Å². The third-order valence-electron chi connectivity index (χ3n) is 2.53. The summed E-state index contributed by atoms with van der Waals surface area (Å²) in [7, 11) is 1.53. The van der Waals surface area contributed by atoms with Crippen LogP contribution in [0.1, 0.15) is 23.5 Å². The minimum atomic E-state index is -0.929. The second kappa shape index (κ2) is 5.67. The van der Waals surface area contributed by atoms with E-state index in [-0.39, 0.29) is 5.91 Å². The van der Waals surface area contributed by atoms with Gasteiger partial charge in [0.15, 0.2) is 0 Å². The van der Waals surface area contributed by atoms with E-state index in [1.54, 1.807) is 25.3 Å². The van der Waals surface area contributed by atoms with Crippen molar-refractivity contribution in [1.29, 1.82) is 0 Å². The van der Waals surface area contributed by atoms with Crippen LogP contribution in [0.25, 0.3) is 0 Å². The highest BCUT2D eigenvalue weighted by molar-refractivity contribution is 7.12. The molecular weight excluding hydrogens is 242 g/mol. The van der Waals surface area contributed by atoms with Crippen LogP contribution < -0.4 is 10.1 Å². The average molecular weight is 257 g/mol. The van der Waals surface area contributed by atoms with Crippen molar-refractivity contribution in [2.45, 2.75) is 19.9 Å². The first kappa shape index (κ1) is 13.5. The summed E-state index contributed by atoms with van der Waals surface area (Å²) in [6.45, 7) is 3.23. The minimum Gasteiger partial charge on any atom is -0.496 e. The van der Waals surface area contributed by atoms with E-state index in [2.05, 4.69) is 5.32 Å². The predicted molar refractivity (Wildman–Crippen MR) is 64.6 cm³/mol. The molecule has 1 amide bonds. The Morgan fingerprint density at radius 1 is 1.47 bits per heavy atom. The highest BCUT2D eigenvalue weighted by atomic mass is 32.1. The van der Waals surface area contributed by atoms with Gasteiger partial charge in [-0.15, -0.1) is 11.3 Å². The molecule has 0 aliphatic rings. The molecule has 1 aromatic heterocycles. The summed E-state index contributed by atoms with van der Waals surface area (Å²) in [5, 5.41) is 13.2. The molecule has 2 atom stereocenters. The van der Waals surface area contributed by atoms with Crippen LogP contribution >= 0.6 is 11.3 Å². The highest BCUT2D eigenvalue weighted by Gasteiger charge is 2.22. The largest absolute Gasteiger partial charge is 0.496 e. The van der Waals surface area contributed by atoms with Gasteiger partial charge in [-0.1, -0.05) is 0 Å². The van der Waals surface area contributed by atoms with Crippen molar-refractivity contribution in [2.75, 3.05) is 7.11 Å². The van der Waals surface area contributed by atoms with Crippen molar-refractivity contribution >= 4 is 23.2 Å². The highest BCUT2D eigenvalue weighted by Crippen LogP contribution is 2.21. The second-order valence-electron chi connectivity index (χ2n) is 3.74. The Bertz CT molecular complexity index is 415. The van der Waals surface area contributed by atoms with Crippen LogP contribution in [0, 0.1) is 5.92 Å². The van der Waals surface area contributed by atoms with Gasteiger partial charge in [0.25, 0.3) is 5.91 Å². The fourth-order valence-electron chi connectivity index (χ4n) is 1.16. The Kier molecular flexibility index (Phi) is 4.51. The Hall–Kier alpha value is -1.56. The molecule has 2 N–H and O–H groups in total. The van der Waals surface area contributed by atoms with Gasteiger partial charge < -0.3 is 15.2 Å². The van der Waals surface area contributed by atoms with E-state index < -0.39 is 17.9 Å². The zero-order chi connectivity index (χ0) is 13.0. The first-order chi connectivity index (χ1) is 7.95. The van der Waals surface area contributed by atoms with E-state index in [4.69, 9.17) is 9.84 Å². The number of carbonyl (C=O) groups is 2. The van der Waals surface area contributed by atoms with E-state index >= 15 is 0 Å². The Morgan fingerprint density at radius 2 is 2.12 bits per heavy atom. The number of carbonyl (C=O) groups excluding carboxylic acids is 1. The molecule has 1 rings (SSSR count). The monoisotopic (exact) mass is 257 g/mol. The molecule has 0 radical (unpaired) electrons. The van der Waals surface area contributed by atoms with E-state index in [9.17, 15) is 9.59 Å². The summed E-state index contributed by atoms with van der Waals surface area (Å²) >= 11 is 1.26. The third kappa shape index (κ3) is 3.45. The van der Waals surface area contributed by atoms with E-state index in [1.807, 2.05) is 0 Å².